The first kappa shape index (κ1) is 13.3. The summed E-state index contributed by atoms with van der Waals surface area (Å²) in [6, 6.07) is 5.11. The second kappa shape index (κ2) is 6.10. The van der Waals surface area contributed by atoms with Gasteiger partial charge in [-0.25, -0.2) is 0 Å². The highest BCUT2D eigenvalue weighted by atomic mass is 16.5. The Morgan fingerprint density at radius 2 is 2.06 bits per heavy atom. The minimum Gasteiger partial charge on any atom is -0.493 e. The lowest BCUT2D eigenvalue weighted by Crippen LogP contribution is -2.15. The van der Waals surface area contributed by atoms with E-state index in [1.807, 2.05) is 0 Å². The summed E-state index contributed by atoms with van der Waals surface area (Å²) in [5, 5.41) is 17.5. The number of benzene rings is 1. The Bertz CT molecular complexity index is 392. The van der Waals surface area contributed by atoms with Gasteiger partial charge in [-0.05, 0) is 13.0 Å². The van der Waals surface area contributed by atoms with E-state index in [-0.39, 0.29) is 5.90 Å². The third-order valence-corrected chi connectivity index (χ3v) is 2.28. The van der Waals surface area contributed by atoms with Crippen molar-refractivity contribution >= 4 is 5.90 Å². The fourth-order valence-corrected chi connectivity index (χ4v) is 1.50. The molecule has 0 radical (unpaired) electrons. The van der Waals surface area contributed by atoms with Gasteiger partial charge in [-0.2, -0.15) is 0 Å². The van der Waals surface area contributed by atoms with Gasteiger partial charge in [-0.3, -0.25) is 5.41 Å². The Morgan fingerprint density at radius 3 is 2.59 bits per heavy atom. The van der Waals surface area contributed by atoms with Crippen molar-refractivity contribution in [2.75, 3.05) is 20.8 Å². The van der Waals surface area contributed by atoms with Crippen LogP contribution in [0.2, 0.25) is 0 Å². The number of methoxy groups -OCH3 is 2. The molecule has 0 bridgehead atoms. The third-order valence-electron chi connectivity index (χ3n) is 2.28. The Morgan fingerprint density at radius 1 is 1.35 bits per heavy atom. The van der Waals surface area contributed by atoms with Crippen LogP contribution in [0.3, 0.4) is 0 Å². The quantitative estimate of drug-likeness (QED) is 0.606. The molecule has 0 amide bonds. The molecule has 0 spiro atoms. The SMILES string of the molecule is CCOC(=N)[C@H](O)c1cccc(OC)c1OC. The first-order valence-corrected chi connectivity index (χ1v) is 5.25. The van der Waals surface area contributed by atoms with Crippen LogP contribution in [-0.2, 0) is 4.74 Å². The van der Waals surface area contributed by atoms with Crippen LogP contribution in [0.15, 0.2) is 18.2 Å². The van der Waals surface area contributed by atoms with Crippen molar-refractivity contribution in [3.63, 3.8) is 0 Å². The zero-order valence-corrected chi connectivity index (χ0v) is 10.2. The van der Waals surface area contributed by atoms with Gasteiger partial charge in [0, 0.05) is 5.56 Å². The van der Waals surface area contributed by atoms with Crippen LogP contribution in [0.4, 0.5) is 0 Å². The predicted molar refractivity (Wildman–Crippen MR) is 63.9 cm³/mol. The summed E-state index contributed by atoms with van der Waals surface area (Å²) in [4.78, 5) is 0. The van der Waals surface area contributed by atoms with E-state index in [1.165, 1.54) is 14.2 Å². The van der Waals surface area contributed by atoms with Crippen LogP contribution in [0.1, 0.15) is 18.6 Å². The van der Waals surface area contributed by atoms with E-state index >= 15 is 0 Å². The molecule has 0 heterocycles. The van der Waals surface area contributed by atoms with Gasteiger partial charge < -0.3 is 19.3 Å². The smallest absolute Gasteiger partial charge is 0.215 e. The van der Waals surface area contributed by atoms with Crippen molar-refractivity contribution in [1.29, 1.82) is 5.41 Å². The standard InChI is InChI=1S/C12H17NO4/c1-4-17-12(13)10(14)8-6-5-7-9(15-2)11(8)16-3/h5-7,10,13-14H,4H2,1-3H3/t10-/m1/s1. The van der Waals surface area contributed by atoms with E-state index < -0.39 is 6.10 Å². The van der Waals surface area contributed by atoms with E-state index in [9.17, 15) is 5.11 Å². The number of aliphatic hydroxyl groups is 1. The molecule has 0 unspecified atom stereocenters. The zero-order chi connectivity index (χ0) is 12.8. The maximum atomic E-state index is 9.97. The number of nitrogens with one attached hydrogen (secondary N) is 1. The average Bonchev–Trinajstić information content (AvgIpc) is 2.36. The molecule has 0 fully saturated rings. The van der Waals surface area contributed by atoms with Gasteiger partial charge in [0.15, 0.2) is 17.6 Å². The van der Waals surface area contributed by atoms with Crippen molar-refractivity contribution in [3.05, 3.63) is 23.8 Å². The predicted octanol–water partition coefficient (Wildman–Crippen LogP) is 1.75. The lowest BCUT2D eigenvalue weighted by atomic mass is 10.1. The molecule has 0 saturated carbocycles. The van der Waals surface area contributed by atoms with E-state index in [0.717, 1.165) is 0 Å². The molecule has 1 atom stereocenters. The van der Waals surface area contributed by atoms with E-state index in [2.05, 4.69) is 0 Å². The molecule has 94 valence electrons. The van der Waals surface area contributed by atoms with Gasteiger partial charge in [0.2, 0.25) is 5.90 Å². The normalized spacial score (nSPS) is 11.8. The molecule has 5 nitrogen and oxygen atoms in total. The maximum Gasteiger partial charge on any atom is 0.215 e. The van der Waals surface area contributed by atoms with Crippen molar-refractivity contribution in [3.8, 4) is 11.5 Å². The number of hydrogen-bond acceptors (Lipinski definition) is 5. The Hall–Kier alpha value is -1.75. The van der Waals surface area contributed by atoms with E-state index in [0.29, 0.717) is 23.7 Å². The molecule has 0 aliphatic rings. The zero-order valence-electron chi connectivity index (χ0n) is 10.2. The highest BCUT2D eigenvalue weighted by Gasteiger charge is 2.21. The number of rotatable bonds is 5. The number of para-hydroxylation sites is 1. The first-order chi connectivity index (χ1) is 8.15. The average molecular weight is 239 g/mol. The van der Waals surface area contributed by atoms with Crippen LogP contribution in [0, 0.1) is 5.41 Å². The third kappa shape index (κ3) is 2.88. The second-order valence-corrected chi connectivity index (χ2v) is 3.28. The topological polar surface area (TPSA) is 71.8 Å². The Kier molecular flexibility index (Phi) is 4.78. The van der Waals surface area contributed by atoms with E-state index in [1.54, 1.807) is 25.1 Å². The lowest BCUT2D eigenvalue weighted by Gasteiger charge is -2.17. The Balaban J connectivity index is 3.08. The summed E-state index contributed by atoms with van der Waals surface area (Å²) in [5.74, 6) is 0.708. The number of ether oxygens (including phenoxy) is 3. The van der Waals surface area contributed by atoms with Crippen molar-refractivity contribution in [2.45, 2.75) is 13.0 Å². The highest BCUT2D eigenvalue weighted by molar-refractivity contribution is 5.80. The van der Waals surface area contributed by atoms with Crippen molar-refractivity contribution < 1.29 is 19.3 Å². The summed E-state index contributed by atoms with van der Waals surface area (Å²) in [7, 11) is 3.00. The molecule has 2 N–H and O–H groups in total. The first-order valence-electron chi connectivity index (χ1n) is 5.25. The largest absolute Gasteiger partial charge is 0.493 e. The van der Waals surface area contributed by atoms with Crippen LogP contribution in [0.25, 0.3) is 0 Å². The minimum atomic E-state index is -1.15. The molecule has 1 aromatic rings. The van der Waals surface area contributed by atoms with Crippen LogP contribution < -0.4 is 9.47 Å². The van der Waals surface area contributed by atoms with Gasteiger partial charge >= 0.3 is 0 Å². The summed E-state index contributed by atoms with van der Waals surface area (Å²) in [6.45, 7) is 2.09. The molecule has 1 aromatic carbocycles. The fraction of sp³-hybridized carbons (Fsp3) is 0.417. The number of aliphatic hydroxyl groups excluding tert-OH is 1. The monoisotopic (exact) mass is 239 g/mol. The Labute approximate surface area is 100 Å². The summed E-state index contributed by atoms with van der Waals surface area (Å²) in [5.41, 5.74) is 0.449. The molecular weight excluding hydrogens is 222 g/mol. The fourth-order valence-electron chi connectivity index (χ4n) is 1.50. The lowest BCUT2D eigenvalue weighted by molar-refractivity contribution is 0.186. The van der Waals surface area contributed by atoms with Gasteiger partial charge in [-0.15, -0.1) is 0 Å². The van der Waals surface area contributed by atoms with Gasteiger partial charge in [0.1, 0.15) is 0 Å². The summed E-state index contributed by atoms with van der Waals surface area (Å²) >= 11 is 0. The van der Waals surface area contributed by atoms with Gasteiger partial charge in [0.25, 0.3) is 0 Å². The number of hydrogen-bond donors (Lipinski definition) is 2. The molecule has 0 aliphatic heterocycles. The summed E-state index contributed by atoms with van der Waals surface area (Å²) < 4.78 is 15.3. The van der Waals surface area contributed by atoms with Crippen molar-refractivity contribution in [2.24, 2.45) is 0 Å². The molecule has 5 heteroatoms. The van der Waals surface area contributed by atoms with E-state index in [4.69, 9.17) is 19.6 Å². The van der Waals surface area contributed by atoms with Crippen LogP contribution >= 0.6 is 0 Å². The van der Waals surface area contributed by atoms with Crippen molar-refractivity contribution in [1.82, 2.24) is 0 Å². The van der Waals surface area contributed by atoms with Gasteiger partial charge in [0.05, 0.1) is 20.8 Å². The van der Waals surface area contributed by atoms with Crippen LogP contribution in [0.5, 0.6) is 11.5 Å². The molecule has 17 heavy (non-hydrogen) atoms. The molecule has 0 saturated heterocycles. The van der Waals surface area contributed by atoms with Crippen LogP contribution in [-0.4, -0.2) is 31.8 Å². The molecule has 0 aliphatic carbocycles. The second-order valence-electron chi connectivity index (χ2n) is 3.28. The minimum absolute atomic E-state index is 0.209. The molecular formula is C12H17NO4. The molecule has 0 aromatic heterocycles. The highest BCUT2D eigenvalue weighted by Crippen LogP contribution is 2.34. The maximum absolute atomic E-state index is 9.97. The van der Waals surface area contributed by atoms with Gasteiger partial charge in [-0.1, -0.05) is 12.1 Å². The molecule has 1 rings (SSSR count). The summed E-state index contributed by atoms with van der Waals surface area (Å²) in [6.07, 6.45) is -1.15.